The van der Waals surface area contributed by atoms with Crippen LogP contribution in [0.1, 0.15) is 5.56 Å². The third kappa shape index (κ3) is 2.80. The van der Waals surface area contributed by atoms with E-state index in [1.54, 1.807) is 30.3 Å². The van der Waals surface area contributed by atoms with Gasteiger partial charge in [0.15, 0.2) is 4.87 Å². The molecular formula is C9H5Cl7. The second-order valence-corrected chi connectivity index (χ2v) is 8.15. The lowest BCUT2D eigenvalue weighted by Gasteiger charge is -2.39. The van der Waals surface area contributed by atoms with Gasteiger partial charge in [-0.25, -0.2) is 0 Å². The first-order chi connectivity index (χ1) is 7.11. The number of halogens is 7. The number of hydrogen-bond acceptors (Lipinski definition) is 0. The quantitative estimate of drug-likeness (QED) is 0.550. The summed E-state index contributed by atoms with van der Waals surface area (Å²) in [6, 6.07) is 8.43. The maximum absolute atomic E-state index is 6.23. The molecule has 0 nitrogen and oxygen atoms in total. The zero-order valence-electron chi connectivity index (χ0n) is 7.53. The Balaban J connectivity index is 3.39. The van der Waals surface area contributed by atoms with Crippen LogP contribution >= 0.6 is 81.2 Å². The van der Waals surface area contributed by atoms with Gasteiger partial charge in [0.05, 0.1) is 0 Å². The van der Waals surface area contributed by atoms with Crippen molar-refractivity contribution in [3.8, 4) is 0 Å². The Morgan fingerprint density at radius 2 is 1.00 bits per heavy atom. The van der Waals surface area contributed by atoms with Crippen LogP contribution in [-0.2, 0) is 4.87 Å². The first-order valence-electron chi connectivity index (χ1n) is 3.98. The fourth-order valence-electron chi connectivity index (χ4n) is 1.16. The van der Waals surface area contributed by atoms with E-state index in [4.69, 9.17) is 81.2 Å². The van der Waals surface area contributed by atoms with Gasteiger partial charge in [0.25, 0.3) is 0 Å². The predicted molar refractivity (Wildman–Crippen MR) is 74.6 cm³/mol. The molecule has 0 bridgehead atoms. The van der Waals surface area contributed by atoms with Crippen LogP contribution in [0.5, 0.6) is 0 Å². The lowest BCUT2D eigenvalue weighted by Crippen LogP contribution is -2.45. The summed E-state index contributed by atoms with van der Waals surface area (Å²) >= 11 is 41.1. The van der Waals surface area contributed by atoms with E-state index in [2.05, 4.69) is 0 Å². The van der Waals surface area contributed by atoms with Crippen molar-refractivity contribution in [1.82, 2.24) is 0 Å². The van der Waals surface area contributed by atoms with Gasteiger partial charge in [0, 0.05) is 0 Å². The van der Waals surface area contributed by atoms with Crippen molar-refractivity contribution in [2.45, 2.75) is 12.5 Å². The molecule has 0 unspecified atom stereocenters. The fourth-order valence-corrected chi connectivity index (χ4v) is 3.22. The van der Waals surface area contributed by atoms with Crippen molar-refractivity contribution in [3.05, 3.63) is 35.9 Å². The van der Waals surface area contributed by atoms with Crippen LogP contribution < -0.4 is 0 Å². The molecule has 0 aliphatic carbocycles. The molecule has 7 heteroatoms. The zero-order chi connectivity index (χ0) is 12.6. The Bertz CT molecular complexity index is 334. The minimum absolute atomic E-state index is 0.414. The summed E-state index contributed by atoms with van der Waals surface area (Å²) in [4.78, 5) is -1.77. The van der Waals surface area contributed by atoms with Gasteiger partial charge in [0.2, 0.25) is 7.59 Å². The molecule has 0 saturated heterocycles. The van der Waals surface area contributed by atoms with E-state index in [0.717, 1.165) is 0 Å². The molecule has 1 aromatic carbocycles. The van der Waals surface area contributed by atoms with Crippen molar-refractivity contribution in [2.24, 2.45) is 0 Å². The average molecular weight is 361 g/mol. The average Bonchev–Trinajstić information content (AvgIpc) is 2.14. The van der Waals surface area contributed by atoms with E-state index >= 15 is 0 Å². The maximum atomic E-state index is 6.23. The van der Waals surface area contributed by atoms with Crippen LogP contribution in [0, 0.1) is 0 Å². The second-order valence-electron chi connectivity index (χ2n) is 3.02. The van der Waals surface area contributed by atoms with Gasteiger partial charge in [-0.2, -0.15) is 0 Å². The molecule has 0 spiro atoms. The molecule has 0 atom stereocenters. The van der Waals surface area contributed by atoms with Gasteiger partial charge < -0.3 is 0 Å². The summed E-state index contributed by atoms with van der Waals surface area (Å²) in [5.41, 5.74) is 0.414. The van der Waals surface area contributed by atoms with E-state index in [9.17, 15) is 0 Å². The Labute approximate surface area is 129 Å². The minimum Gasteiger partial charge on any atom is -0.105 e. The van der Waals surface area contributed by atoms with E-state index in [1.807, 2.05) is 0 Å². The smallest absolute Gasteiger partial charge is 0.105 e. The largest absolute Gasteiger partial charge is 0.217 e. The van der Waals surface area contributed by atoms with Crippen molar-refractivity contribution in [2.75, 3.05) is 0 Å². The molecule has 0 saturated carbocycles. The van der Waals surface area contributed by atoms with E-state index < -0.39 is 12.5 Å². The summed E-state index contributed by atoms with van der Waals surface area (Å²) in [6.45, 7) is 0. The highest BCUT2D eigenvalue weighted by molar-refractivity contribution is 6.77. The number of rotatable bonds is 1. The summed E-state index contributed by atoms with van der Waals surface area (Å²) in [5, 5.41) is 0. The van der Waals surface area contributed by atoms with Gasteiger partial charge in [0.1, 0.15) is 0 Å². The molecule has 0 heterocycles. The van der Waals surface area contributed by atoms with Gasteiger partial charge in [-0.3, -0.25) is 0 Å². The van der Waals surface area contributed by atoms with E-state index in [-0.39, 0.29) is 0 Å². The van der Waals surface area contributed by atoms with Crippen molar-refractivity contribution in [3.63, 3.8) is 0 Å². The molecule has 90 valence electrons. The molecule has 0 aliphatic rings. The number of alkyl halides is 7. The first-order valence-corrected chi connectivity index (χ1v) is 6.63. The molecule has 0 N–H and O–H groups in total. The third-order valence-corrected chi connectivity index (χ3v) is 5.02. The monoisotopic (exact) mass is 358 g/mol. The van der Waals surface area contributed by atoms with Crippen LogP contribution in [0.3, 0.4) is 0 Å². The molecule has 0 radical (unpaired) electrons. The SMILES string of the molecule is ClC(Cl)(Cl)C(Cl)(c1ccccc1)C(Cl)(Cl)Cl. The topological polar surface area (TPSA) is 0 Å². The van der Waals surface area contributed by atoms with Gasteiger partial charge >= 0.3 is 0 Å². The Hall–Kier alpha value is 1.25. The molecule has 0 amide bonds. The minimum atomic E-state index is -1.97. The molecule has 1 rings (SSSR count). The lowest BCUT2D eigenvalue weighted by molar-refractivity contribution is 0.638. The van der Waals surface area contributed by atoms with Crippen LogP contribution in [0.15, 0.2) is 30.3 Å². The normalized spacial score (nSPS) is 13.9. The maximum Gasteiger partial charge on any atom is 0.217 e. The Kier molecular flexibility index (Phi) is 4.87. The molecule has 0 aliphatic heterocycles. The summed E-state index contributed by atoms with van der Waals surface area (Å²) in [6.07, 6.45) is 0. The van der Waals surface area contributed by atoms with Gasteiger partial charge in [-0.05, 0) is 5.56 Å². The van der Waals surface area contributed by atoms with E-state index in [0.29, 0.717) is 5.56 Å². The Morgan fingerprint density at radius 1 is 0.625 bits per heavy atom. The Morgan fingerprint density at radius 3 is 1.31 bits per heavy atom. The summed E-state index contributed by atoms with van der Waals surface area (Å²) in [5.74, 6) is 0. The molecular weight excluding hydrogens is 356 g/mol. The third-order valence-electron chi connectivity index (χ3n) is 1.95. The highest BCUT2D eigenvalue weighted by atomic mass is 35.6. The van der Waals surface area contributed by atoms with Crippen LogP contribution in [0.25, 0.3) is 0 Å². The highest BCUT2D eigenvalue weighted by Crippen LogP contribution is 2.61. The van der Waals surface area contributed by atoms with E-state index in [1.165, 1.54) is 0 Å². The lowest BCUT2D eigenvalue weighted by atomic mass is 10.0. The van der Waals surface area contributed by atoms with Gasteiger partial charge in [-0.15, -0.1) is 11.6 Å². The standard InChI is InChI=1S/C9H5Cl7/c10-7(8(11,12)13,9(14,15)16)6-4-2-1-3-5-6/h1-5H. The molecule has 1 aromatic rings. The molecule has 0 aromatic heterocycles. The van der Waals surface area contributed by atoms with Crippen molar-refractivity contribution < 1.29 is 0 Å². The highest BCUT2D eigenvalue weighted by Gasteiger charge is 2.61. The number of hydrogen-bond donors (Lipinski definition) is 0. The zero-order valence-corrected chi connectivity index (χ0v) is 12.8. The molecule has 16 heavy (non-hydrogen) atoms. The predicted octanol–water partition coefficient (Wildman–Crippen LogP) is 5.86. The van der Waals surface area contributed by atoms with Crippen LogP contribution in [0.4, 0.5) is 0 Å². The fraction of sp³-hybridized carbons (Fsp3) is 0.333. The van der Waals surface area contributed by atoms with Crippen LogP contribution in [-0.4, -0.2) is 7.59 Å². The first kappa shape index (κ1) is 15.3. The van der Waals surface area contributed by atoms with Crippen molar-refractivity contribution >= 4 is 81.2 Å². The van der Waals surface area contributed by atoms with Crippen molar-refractivity contribution in [1.29, 1.82) is 0 Å². The summed E-state index contributed by atoms with van der Waals surface area (Å²) < 4.78 is -3.94. The number of benzene rings is 1. The molecule has 0 fully saturated rings. The van der Waals surface area contributed by atoms with Gasteiger partial charge in [-0.1, -0.05) is 99.9 Å². The summed E-state index contributed by atoms with van der Waals surface area (Å²) in [7, 11) is 0. The van der Waals surface area contributed by atoms with Crippen LogP contribution in [0.2, 0.25) is 0 Å². The second kappa shape index (κ2) is 5.09.